The maximum absolute atomic E-state index is 6.34. The Labute approximate surface area is 163 Å². The largest absolute Gasteiger partial charge is 0.318 e. The molecule has 132 valence electrons. The lowest BCUT2D eigenvalue weighted by atomic mass is 10.2. The molecule has 3 aromatic rings. The summed E-state index contributed by atoms with van der Waals surface area (Å²) >= 11 is 8.10. The summed E-state index contributed by atoms with van der Waals surface area (Å²) in [5.74, 6) is 0. The van der Waals surface area contributed by atoms with Crippen molar-refractivity contribution in [1.82, 2.24) is 9.99 Å². The Hall–Kier alpha value is -2.17. The molecule has 1 aromatic heterocycles. The normalized spacial score (nSPS) is 16.5. The molecule has 1 N–H and O–H groups in total. The summed E-state index contributed by atoms with van der Waals surface area (Å²) < 4.78 is 2.28. The van der Waals surface area contributed by atoms with Crippen molar-refractivity contribution in [3.05, 3.63) is 87.7 Å². The van der Waals surface area contributed by atoms with Crippen molar-refractivity contribution in [2.24, 2.45) is 5.10 Å². The van der Waals surface area contributed by atoms with Gasteiger partial charge in [-0.2, -0.15) is 5.10 Å². The third kappa shape index (κ3) is 2.93. The second-order valence-corrected chi connectivity index (χ2v) is 7.96. The molecular formula is C21H20ClN3S. The number of hydrogen-bond donors (Lipinski definition) is 1. The Morgan fingerprint density at radius 1 is 1.04 bits per heavy atom. The molecule has 26 heavy (non-hydrogen) atoms. The molecule has 0 fully saturated rings. The number of rotatable bonds is 3. The van der Waals surface area contributed by atoms with Crippen LogP contribution in [0.5, 0.6) is 0 Å². The van der Waals surface area contributed by atoms with Gasteiger partial charge < -0.3 is 4.57 Å². The van der Waals surface area contributed by atoms with Crippen LogP contribution in [0.3, 0.4) is 0 Å². The number of halogens is 1. The van der Waals surface area contributed by atoms with Crippen LogP contribution in [-0.2, 0) is 0 Å². The molecule has 1 aliphatic rings. The standard InChI is InChI=1S/C21H20ClN3S/c1-13-12-17(15(3)25(13)19-11-7-10-18(22)14(19)2)21-24-23-20(26-21)16-8-5-4-6-9-16/h4-12,21,24H,1-3H3/t21-/m1/s1. The fourth-order valence-electron chi connectivity index (χ4n) is 3.39. The van der Waals surface area contributed by atoms with Crippen molar-refractivity contribution in [3.8, 4) is 5.69 Å². The summed E-state index contributed by atoms with van der Waals surface area (Å²) in [5, 5.41) is 6.48. The Morgan fingerprint density at radius 2 is 1.81 bits per heavy atom. The van der Waals surface area contributed by atoms with Crippen LogP contribution in [0, 0.1) is 20.8 Å². The maximum Gasteiger partial charge on any atom is 0.126 e. The van der Waals surface area contributed by atoms with E-state index < -0.39 is 0 Å². The quantitative estimate of drug-likeness (QED) is 0.625. The van der Waals surface area contributed by atoms with Gasteiger partial charge in [-0.1, -0.05) is 59.8 Å². The van der Waals surface area contributed by atoms with Crippen molar-refractivity contribution < 1.29 is 0 Å². The molecule has 3 nitrogen and oxygen atoms in total. The number of hydrazone groups is 1. The van der Waals surface area contributed by atoms with Gasteiger partial charge >= 0.3 is 0 Å². The van der Waals surface area contributed by atoms with Gasteiger partial charge in [0.15, 0.2) is 0 Å². The van der Waals surface area contributed by atoms with Crippen LogP contribution in [0.4, 0.5) is 0 Å². The molecule has 0 saturated heterocycles. The molecule has 0 unspecified atom stereocenters. The molecule has 0 aliphatic carbocycles. The van der Waals surface area contributed by atoms with Crippen molar-refractivity contribution in [2.45, 2.75) is 26.1 Å². The molecule has 2 heterocycles. The number of thioether (sulfide) groups is 1. The SMILES string of the molecule is Cc1c(Cl)cccc1-n1c(C)cc([C@@H]2NN=C(c3ccccc3)S2)c1C. The average molecular weight is 382 g/mol. The predicted octanol–water partition coefficient (Wildman–Crippen LogP) is 5.75. The smallest absolute Gasteiger partial charge is 0.126 e. The van der Waals surface area contributed by atoms with E-state index in [-0.39, 0.29) is 5.37 Å². The summed E-state index contributed by atoms with van der Waals surface area (Å²) in [4.78, 5) is 0. The van der Waals surface area contributed by atoms with Crippen molar-refractivity contribution in [2.75, 3.05) is 0 Å². The Kier molecular flexibility index (Phi) is 4.55. The fraction of sp³-hybridized carbons (Fsp3) is 0.190. The van der Waals surface area contributed by atoms with Crippen LogP contribution in [0.15, 0.2) is 59.7 Å². The van der Waals surface area contributed by atoms with Gasteiger partial charge in [0.05, 0.1) is 0 Å². The third-order valence-corrected chi connectivity index (χ3v) is 6.32. The number of hydrogen-bond acceptors (Lipinski definition) is 3. The van der Waals surface area contributed by atoms with Gasteiger partial charge in [-0.25, -0.2) is 0 Å². The molecule has 2 aromatic carbocycles. The zero-order chi connectivity index (χ0) is 18.3. The van der Waals surface area contributed by atoms with E-state index in [1.54, 1.807) is 11.8 Å². The molecule has 0 amide bonds. The van der Waals surface area contributed by atoms with E-state index in [4.69, 9.17) is 11.6 Å². The Balaban J connectivity index is 1.67. The lowest BCUT2D eigenvalue weighted by molar-refractivity contribution is 0.737. The highest BCUT2D eigenvalue weighted by Crippen LogP contribution is 2.38. The van der Waals surface area contributed by atoms with Gasteiger partial charge in [0.1, 0.15) is 10.4 Å². The van der Waals surface area contributed by atoms with E-state index in [9.17, 15) is 0 Å². The second kappa shape index (κ2) is 6.86. The summed E-state index contributed by atoms with van der Waals surface area (Å²) in [5.41, 5.74) is 10.3. The molecular weight excluding hydrogens is 362 g/mol. The van der Waals surface area contributed by atoms with Crippen LogP contribution >= 0.6 is 23.4 Å². The lowest BCUT2D eigenvalue weighted by Gasteiger charge is -2.15. The maximum atomic E-state index is 6.34. The van der Waals surface area contributed by atoms with Gasteiger partial charge in [0.2, 0.25) is 0 Å². The van der Waals surface area contributed by atoms with E-state index in [1.807, 2.05) is 30.3 Å². The van der Waals surface area contributed by atoms with E-state index >= 15 is 0 Å². The van der Waals surface area contributed by atoms with Gasteiger partial charge in [-0.3, -0.25) is 5.43 Å². The molecule has 1 atom stereocenters. The predicted molar refractivity (Wildman–Crippen MR) is 111 cm³/mol. The molecule has 0 bridgehead atoms. The summed E-state index contributed by atoms with van der Waals surface area (Å²) in [6.07, 6.45) is 0. The van der Waals surface area contributed by atoms with Crippen LogP contribution in [0.25, 0.3) is 5.69 Å². The first kappa shape index (κ1) is 17.3. The highest BCUT2D eigenvalue weighted by molar-refractivity contribution is 8.14. The minimum Gasteiger partial charge on any atom is -0.318 e. The van der Waals surface area contributed by atoms with Gasteiger partial charge in [-0.15, -0.1) is 0 Å². The zero-order valence-electron chi connectivity index (χ0n) is 15.0. The highest BCUT2D eigenvalue weighted by Gasteiger charge is 2.26. The Bertz CT molecular complexity index is 992. The average Bonchev–Trinajstić information content (AvgIpc) is 3.24. The zero-order valence-corrected chi connectivity index (χ0v) is 16.5. The van der Waals surface area contributed by atoms with E-state index in [1.165, 1.54) is 17.0 Å². The van der Waals surface area contributed by atoms with E-state index in [0.29, 0.717) is 0 Å². The minimum absolute atomic E-state index is 0.115. The summed E-state index contributed by atoms with van der Waals surface area (Å²) in [6.45, 7) is 6.36. The molecule has 0 saturated carbocycles. The van der Waals surface area contributed by atoms with E-state index in [0.717, 1.165) is 26.9 Å². The van der Waals surface area contributed by atoms with Gasteiger partial charge in [-0.05, 0) is 44.5 Å². The third-order valence-electron chi connectivity index (χ3n) is 4.77. The second-order valence-electron chi connectivity index (χ2n) is 6.46. The van der Waals surface area contributed by atoms with Crippen LogP contribution < -0.4 is 5.43 Å². The highest BCUT2D eigenvalue weighted by atomic mass is 35.5. The monoisotopic (exact) mass is 381 g/mol. The number of aromatic nitrogens is 1. The molecule has 0 spiro atoms. The van der Waals surface area contributed by atoms with Crippen LogP contribution in [-0.4, -0.2) is 9.61 Å². The van der Waals surface area contributed by atoms with Crippen molar-refractivity contribution in [1.29, 1.82) is 0 Å². The van der Waals surface area contributed by atoms with Crippen LogP contribution in [0.1, 0.15) is 33.5 Å². The number of benzene rings is 2. The fourth-order valence-corrected chi connectivity index (χ4v) is 4.63. The molecule has 1 aliphatic heterocycles. The van der Waals surface area contributed by atoms with Crippen LogP contribution in [0.2, 0.25) is 5.02 Å². The summed E-state index contributed by atoms with van der Waals surface area (Å²) in [6, 6.07) is 18.6. The molecule has 4 rings (SSSR count). The first-order chi connectivity index (χ1) is 12.6. The minimum atomic E-state index is 0.115. The summed E-state index contributed by atoms with van der Waals surface area (Å²) in [7, 11) is 0. The first-order valence-electron chi connectivity index (χ1n) is 8.56. The van der Waals surface area contributed by atoms with Crippen molar-refractivity contribution in [3.63, 3.8) is 0 Å². The number of nitrogens with one attached hydrogen (secondary N) is 1. The first-order valence-corrected chi connectivity index (χ1v) is 9.81. The van der Waals surface area contributed by atoms with Gasteiger partial charge in [0, 0.05) is 33.2 Å². The number of aryl methyl sites for hydroxylation is 1. The Morgan fingerprint density at radius 3 is 2.58 bits per heavy atom. The molecule has 5 heteroatoms. The van der Waals surface area contributed by atoms with E-state index in [2.05, 4.69) is 60.1 Å². The molecule has 0 radical (unpaired) electrons. The van der Waals surface area contributed by atoms with Gasteiger partial charge in [0.25, 0.3) is 0 Å². The topological polar surface area (TPSA) is 29.3 Å². The van der Waals surface area contributed by atoms with Crippen molar-refractivity contribution >= 4 is 28.4 Å². The number of nitrogens with zero attached hydrogens (tertiary/aromatic N) is 2. The lowest BCUT2D eigenvalue weighted by Crippen LogP contribution is -2.08.